The third-order valence-electron chi connectivity index (χ3n) is 2.82. The number of ether oxygens (including phenoxy) is 1. The van der Waals surface area contributed by atoms with Crippen LogP contribution >= 0.6 is 7.14 Å². The summed E-state index contributed by atoms with van der Waals surface area (Å²) in [6, 6.07) is 5.01. The van der Waals surface area contributed by atoms with Gasteiger partial charge >= 0.3 is 0 Å². The van der Waals surface area contributed by atoms with Crippen LogP contribution in [0.3, 0.4) is 0 Å². The highest BCUT2D eigenvalue weighted by Gasteiger charge is 2.46. The van der Waals surface area contributed by atoms with Crippen LogP contribution < -0.4 is 10.0 Å². The molecule has 0 radical (unpaired) electrons. The number of phenolic OH excluding ortho intramolecular Hbond substituents is 1. The van der Waals surface area contributed by atoms with Gasteiger partial charge in [-0.05, 0) is 12.1 Å². The number of aromatic hydroxyl groups is 1. The van der Waals surface area contributed by atoms with Gasteiger partial charge in [-0.1, -0.05) is 26.8 Å². The van der Waals surface area contributed by atoms with E-state index in [1.165, 1.54) is 0 Å². The van der Waals surface area contributed by atoms with Gasteiger partial charge in [0.25, 0.3) is 0 Å². The molecule has 0 aliphatic carbocycles. The second-order valence-electron chi connectivity index (χ2n) is 4.81. The summed E-state index contributed by atoms with van der Waals surface area (Å²) in [6.45, 7) is 5.75. The van der Waals surface area contributed by atoms with E-state index in [0.29, 0.717) is 11.1 Å². The summed E-state index contributed by atoms with van der Waals surface area (Å²) in [4.78, 5) is 0. The van der Waals surface area contributed by atoms with Crippen molar-refractivity contribution in [2.45, 2.75) is 25.9 Å². The summed E-state index contributed by atoms with van der Waals surface area (Å²) < 4.78 is 18.2. The van der Waals surface area contributed by atoms with Crippen LogP contribution in [0.2, 0.25) is 0 Å². The summed E-state index contributed by atoms with van der Waals surface area (Å²) >= 11 is 0. The molecule has 1 aromatic carbocycles. The van der Waals surface area contributed by atoms with E-state index < -0.39 is 7.14 Å². The van der Waals surface area contributed by atoms with Crippen LogP contribution in [0.4, 0.5) is 0 Å². The monoisotopic (exact) mass is 226 g/mol. The van der Waals surface area contributed by atoms with E-state index in [9.17, 15) is 9.67 Å². The number of phenols is 1. The van der Waals surface area contributed by atoms with E-state index in [-0.39, 0.29) is 17.3 Å². The molecule has 0 saturated carbocycles. The standard InChI is InChI=1S/C11H15O3P/c1-11(2,3)15(13)7-14-9-6-4-5-8(12)10(9)15/h4-6,12H,7H2,1-3H3. The molecule has 0 fully saturated rings. The summed E-state index contributed by atoms with van der Waals surface area (Å²) in [6.07, 6.45) is 0.198. The predicted octanol–water partition coefficient (Wildman–Crippen LogP) is 2.53. The average molecular weight is 226 g/mol. The van der Waals surface area contributed by atoms with Gasteiger partial charge in [0.1, 0.15) is 17.8 Å². The first kappa shape index (κ1) is 10.6. The largest absolute Gasteiger partial charge is 0.507 e. The lowest BCUT2D eigenvalue weighted by Crippen LogP contribution is -2.22. The van der Waals surface area contributed by atoms with Crippen molar-refractivity contribution < 1.29 is 14.4 Å². The molecule has 1 aliphatic rings. The zero-order valence-corrected chi connectivity index (χ0v) is 10.0. The molecule has 0 saturated heterocycles. The van der Waals surface area contributed by atoms with E-state index in [1.807, 2.05) is 20.8 Å². The summed E-state index contributed by atoms with van der Waals surface area (Å²) in [7, 11) is -2.65. The van der Waals surface area contributed by atoms with Gasteiger partial charge in [0.2, 0.25) is 0 Å². The summed E-state index contributed by atoms with van der Waals surface area (Å²) in [5.74, 6) is 0.650. The number of rotatable bonds is 0. The van der Waals surface area contributed by atoms with Crippen molar-refractivity contribution in [2.24, 2.45) is 0 Å². The molecule has 1 heterocycles. The fraction of sp³-hybridized carbons (Fsp3) is 0.455. The van der Waals surface area contributed by atoms with Crippen molar-refractivity contribution >= 4 is 12.4 Å². The molecule has 2 rings (SSSR count). The molecule has 82 valence electrons. The van der Waals surface area contributed by atoms with Gasteiger partial charge < -0.3 is 14.4 Å². The van der Waals surface area contributed by atoms with Crippen LogP contribution in [0.25, 0.3) is 0 Å². The minimum absolute atomic E-state index is 0.0864. The second-order valence-corrected chi connectivity index (χ2v) is 8.33. The number of fused-ring (bicyclic) bond motifs is 1. The first-order chi connectivity index (χ1) is 6.86. The maximum Gasteiger partial charge on any atom is 0.163 e. The lowest BCUT2D eigenvalue weighted by molar-refractivity contribution is 0.388. The van der Waals surface area contributed by atoms with Crippen LogP contribution in [0.15, 0.2) is 18.2 Å². The smallest absolute Gasteiger partial charge is 0.163 e. The van der Waals surface area contributed by atoms with Crippen molar-refractivity contribution in [3.05, 3.63) is 18.2 Å². The van der Waals surface area contributed by atoms with Gasteiger partial charge in [0, 0.05) is 5.16 Å². The Balaban J connectivity index is 2.68. The number of hydrogen-bond acceptors (Lipinski definition) is 3. The first-order valence-corrected chi connectivity index (χ1v) is 6.80. The van der Waals surface area contributed by atoms with Crippen LogP contribution in [0.5, 0.6) is 11.5 Å². The Labute approximate surface area is 89.4 Å². The Morgan fingerprint density at radius 3 is 2.67 bits per heavy atom. The van der Waals surface area contributed by atoms with Crippen LogP contribution in [0, 0.1) is 0 Å². The van der Waals surface area contributed by atoms with Gasteiger partial charge in [-0.2, -0.15) is 0 Å². The molecule has 0 amide bonds. The highest BCUT2D eigenvalue weighted by molar-refractivity contribution is 7.73. The topological polar surface area (TPSA) is 46.5 Å². The summed E-state index contributed by atoms with van der Waals surface area (Å²) in [5.41, 5.74) is 0. The second kappa shape index (κ2) is 3.02. The third kappa shape index (κ3) is 1.37. The fourth-order valence-corrected chi connectivity index (χ4v) is 4.19. The molecule has 1 aliphatic heterocycles. The van der Waals surface area contributed by atoms with Crippen LogP contribution in [0.1, 0.15) is 20.8 Å². The van der Waals surface area contributed by atoms with Gasteiger partial charge in [0.05, 0.1) is 5.30 Å². The van der Waals surface area contributed by atoms with Gasteiger partial charge in [-0.15, -0.1) is 0 Å². The molecular weight excluding hydrogens is 211 g/mol. The molecule has 0 aromatic heterocycles. The molecule has 0 bridgehead atoms. The quantitative estimate of drug-likeness (QED) is 0.691. The van der Waals surface area contributed by atoms with Crippen molar-refractivity contribution in [2.75, 3.05) is 6.35 Å². The average Bonchev–Trinajstić information content (AvgIpc) is 2.45. The fourth-order valence-electron chi connectivity index (χ4n) is 1.74. The molecule has 3 nitrogen and oxygen atoms in total. The number of hydrogen-bond donors (Lipinski definition) is 1. The van der Waals surface area contributed by atoms with Crippen molar-refractivity contribution in [1.29, 1.82) is 0 Å². The molecule has 1 N–H and O–H groups in total. The SMILES string of the molecule is CC(C)(C)P1(=O)COc2cccc(O)c21. The Hall–Kier alpha value is -0.950. The van der Waals surface area contributed by atoms with Gasteiger partial charge in [-0.25, -0.2) is 0 Å². The van der Waals surface area contributed by atoms with E-state index >= 15 is 0 Å². The Kier molecular flexibility index (Phi) is 2.13. The normalized spacial score (nSPS) is 24.7. The predicted molar refractivity (Wildman–Crippen MR) is 60.6 cm³/mol. The molecule has 1 aromatic rings. The highest BCUT2D eigenvalue weighted by atomic mass is 31.2. The van der Waals surface area contributed by atoms with Crippen LogP contribution in [-0.2, 0) is 4.57 Å². The Morgan fingerprint density at radius 1 is 1.40 bits per heavy atom. The maximum atomic E-state index is 12.8. The van der Waals surface area contributed by atoms with E-state index in [0.717, 1.165) is 0 Å². The van der Waals surface area contributed by atoms with E-state index in [4.69, 9.17) is 4.74 Å². The minimum Gasteiger partial charge on any atom is -0.507 e. The molecule has 4 heteroatoms. The Bertz CT molecular complexity index is 446. The molecule has 1 atom stereocenters. The maximum absolute atomic E-state index is 12.8. The molecule has 0 spiro atoms. The lowest BCUT2D eigenvalue weighted by atomic mass is 10.3. The van der Waals surface area contributed by atoms with Gasteiger partial charge in [0.15, 0.2) is 7.14 Å². The van der Waals surface area contributed by atoms with Crippen molar-refractivity contribution in [1.82, 2.24) is 0 Å². The van der Waals surface area contributed by atoms with E-state index in [1.54, 1.807) is 18.2 Å². The zero-order chi connectivity index (χ0) is 11.3. The highest BCUT2D eigenvalue weighted by Crippen LogP contribution is 2.62. The minimum atomic E-state index is -2.65. The molecule has 15 heavy (non-hydrogen) atoms. The zero-order valence-electron chi connectivity index (χ0n) is 9.15. The first-order valence-electron chi connectivity index (χ1n) is 4.91. The third-order valence-corrected chi connectivity index (χ3v) is 6.66. The van der Waals surface area contributed by atoms with Crippen molar-refractivity contribution in [3.63, 3.8) is 0 Å². The van der Waals surface area contributed by atoms with Crippen molar-refractivity contribution in [3.8, 4) is 11.5 Å². The Morgan fingerprint density at radius 2 is 2.07 bits per heavy atom. The lowest BCUT2D eigenvalue weighted by Gasteiger charge is -2.26. The van der Waals surface area contributed by atoms with Crippen LogP contribution in [-0.4, -0.2) is 16.6 Å². The summed E-state index contributed by atoms with van der Waals surface area (Å²) in [5, 5.41) is 9.91. The molecular formula is C11H15O3P. The number of benzene rings is 1. The molecule has 1 unspecified atom stereocenters. The van der Waals surface area contributed by atoms with Gasteiger partial charge in [-0.3, -0.25) is 0 Å². The van der Waals surface area contributed by atoms with E-state index in [2.05, 4.69) is 0 Å².